The number of carbonyl (C=O) groups excluding carboxylic acids is 1. The molecule has 6 nitrogen and oxygen atoms in total. The van der Waals surface area contributed by atoms with Gasteiger partial charge in [0.15, 0.2) is 11.6 Å². The summed E-state index contributed by atoms with van der Waals surface area (Å²) < 4.78 is 29.0. The van der Waals surface area contributed by atoms with Crippen LogP contribution in [0.15, 0.2) is 36.8 Å². The molecule has 1 atom stereocenters. The normalized spacial score (nSPS) is 15.8. The van der Waals surface area contributed by atoms with Gasteiger partial charge < -0.3 is 14.4 Å². The van der Waals surface area contributed by atoms with Crippen molar-refractivity contribution in [1.82, 2.24) is 19.4 Å². The number of imidazole rings is 1. The van der Waals surface area contributed by atoms with Gasteiger partial charge in [0.05, 0.1) is 22.4 Å². The Bertz CT molecular complexity index is 1060. The van der Waals surface area contributed by atoms with E-state index in [0.29, 0.717) is 42.2 Å². The highest BCUT2D eigenvalue weighted by molar-refractivity contribution is 6.30. The SMILES string of the molecule is CC(C)C(C(=O)N1CCN(c2ccc(Cl)cn2)CC1)n1cnc2cc(F)c(F)cc21. The second-order valence-corrected chi connectivity index (χ2v) is 8.18. The Kier molecular flexibility index (Phi) is 5.60. The number of aromatic nitrogens is 3. The standard InChI is InChI=1S/C21H22ClF2N5O/c1-13(2)20(29-12-26-17-9-15(23)16(24)10-18(17)29)21(30)28-7-5-27(6-8-28)19-4-3-14(22)11-25-19/h3-4,9-13,20H,5-8H2,1-2H3. The van der Waals surface area contributed by atoms with Crippen molar-refractivity contribution in [3.05, 3.63) is 53.4 Å². The summed E-state index contributed by atoms with van der Waals surface area (Å²) in [5.41, 5.74) is 0.732. The van der Waals surface area contributed by atoms with Crippen LogP contribution in [0.2, 0.25) is 5.02 Å². The van der Waals surface area contributed by atoms with Crippen LogP contribution >= 0.6 is 11.6 Å². The summed E-state index contributed by atoms with van der Waals surface area (Å²) in [5.74, 6) is -1.20. The number of rotatable bonds is 4. The average Bonchev–Trinajstić information content (AvgIpc) is 3.11. The predicted molar refractivity (Wildman–Crippen MR) is 112 cm³/mol. The van der Waals surface area contributed by atoms with Crippen molar-refractivity contribution >= 4 is 34.4 Å². The van der Waals surface area contributed by atoms with Crippen molar-refractivity contribution in [2.45, 2.75) is 19.9 Å². The molecule has 0 aliphatic carbocycles. The van der Waals surface area contributed by atoms with E-state index in [0.717, 1.165) is 18.0 Å². The van der Waals surface area contributed by atoms with Gasteiger partial charge in [-0.2, -0.15) is 0 Å². The lowest BCUT2D eigenvalue weighted by molar-refractivity contribution is -0.136. The van der Waals surface area contributed by atoms with E-state index in [9.17, 15) is 13.6 Å². The van der Waals surface area contributed by atoms with Gasteiger partial charge in [0.25, 0.3) is 0 Å². The van der Waals surface area contributed by atoms with Gasteiger partial charge in [-0.25, -0.2) is 18.7 Å². The van der Waals surface area contributed by atoms with Crippen LogP contribution in [0.5, 0.6) is 0 Å². The quantitative estimate of drug-likeness (QED) is 0.626. The van der Waals surface area contributed by atoms with Gasteiger partial charge in [0.1, 0.15) is 11.9 Å². The lowest BCUT2D eigenvalue weighted by Crippen LogP contribution is -2.51. The second kappa shape index (κ2) is 8.18. The molecule has 0 saturated carbocycles. The number of nitrogens with zero attached hydrogens (tertiary/aromatic N) is 5. The number of piperazine rings is 1. The summed E-state index contributed by atoms with van der Waals surface area (Å²) in [6.45, 7) is 6.25. The molecule has 1 aromatic carbocycles. The summed E-state index contributed by atoms with van der Waals surface area (Å²) in [6.07, 6.45) is 3.09. The van der Waals surface area contributed by atoms with Crippen LogP contribution in [0, 0.1) is 17.6 Å². The monoisotopic (exact) mass is 433 g/mol. The second-order valence-electron chi connectivity index (χ2n) is 7.74. The Labute approximate surface area is 178 Å². The van der Waals surface area contributed by atoms with Crippen molar-refractivity contribution in [3.63, 3.8) is 0 Å². The van der Waals surface area contributed by atoms with Crippen LogP contribution in [0.3, 0.4) is 0 Å². The van der Waals surface area contributed by atoms with Gasteiger partial charge in [0, 0.05) is 44.5 Å². The topological polar surface area (TPSA) is 54.3 Å². The van der Waals surface area contributed by atoms with E-state index < -0.39 is 17.7 Å². The molecule has 1 aliphatic rings. The summed E-state index contributed by atoms with van der Waals surface area (Å²) in [6, 6.07) is 5.26. The summed E-state index contributed by atoms with van der Waals surface area (Å²) in [7, 11) is 0. The summed E-state index contributed by atoms with van der Waals surface area (Å²) in [4.78, 5) is 25.8. The summed E-state index contributed by atoms with van der Waals surface area (Å²) >= 11 is 5.90. The molecule has 1 amide bonds. The van der Waals surface area contributed by atoms with Gasteiger partial charge in [-0.05, 0) is 18.1 Å². The Hall–Kier alpha value is -2.74. The third-order valence-electron chi connectivity index (χ3n) is 5.43. The Morgan fingerprint density at radius 2 is 1.77 bits per heavy atom. The van der Waals surface area contributed by atoms with E-state index in [1.807, 2.05) is 24.8 Å². The molecule has 1 fully saturated rings. The van der Waals surface area contributed by atoms with E-state index in [4.69, 9.17) is 11.6 Å². The highest BCUT2D eigenvalue weighted by atomic mass is 35.5. The van der Waals surface area contributed by atoms with Crippen LogP contribution in [-0.4, -0.2) is 51.5 Å². The molecule has 3 aromatic rings. The Morgan fingerprint density at radius 1 is 1.07 bits per heavy atom. The van der Waals surface area contributed by atoms with E-state index in [2.05, 4.69) is 14.9 Å². The number of carbonyl (C=O) groups is 1. The molecule has 1 aliphatic heterocycles. The van der Waals surface area contributed by atoms with Crippen LogP contribution in [-0.2, 0) is 4.79 Å². The maximum atomic E-state index is 13.8. The van der Waals surface area contributed by atoms with Gasteiger partial charge >= 0.3 is 0 Å². The molecular formula is C21H22ClF2N5O. The number of benzene rings is 1. The minimum Gasteiger partial charge on any atom is -0.353 e. The largest absolute Gasteiger partial charge is 0.353 e. The zero-order chi connectivity index (χ0) is 21.4. The number of hydrogen-bond acceptors (Lipinski definition) is 4. The van der Waals surface area contributed by atoms with Gasteiger partial charge in [-0.3, -0.25) is 4.79 Å². The first-order valence-electron chi connectivity index (χ1n) is 9.82. The molecule has 158 valence electrons. The van der Waals surface area contributed by atoms with Crippen molar-refractivity contribution in [2.24, 2.45) is 5.92 Å². The Morgan fingerprint density at radius 3 is 2.40 bits per heavy atom. The first-order chi connectivity index (χ1) is 14.3. The Balaban J connectivity index is 1.54. The number of halogens is 3. The maximum Gasteiger partial charge on any atom is 0.246 e. The smallest absolute Gasteiger partial charge is 0.246 e. The van der Waals surface area contributed by atoms with Gasteiger partial charge in [-0.1, -0.05) is 25.4 Å². The zero-order valence-electron chi connectivity index (χ0n) is 16.7. The van der Waals surface area contributed by atoms with Gasteiger partial charge in [0.2, 0.25) is 5.91 Å². The van der Waals surface area contributed by atoms with Crippen molar-refractivity contribution in [2.75, 3.05) is 31.1 Å². The van der Waals surface area contributed by atoms with Crippen LogP contribution in [0.25, 0.3) is 11.0 Å². The lowest BCUT2D eigenvalue weighted by Gasteiger charge is -2.38. The minimum atomic E-state index is -0.955. The zero-order valence-corrected chi connectivity index (χ0v) is 17.5. The van der Waals surface area contributed by atoms with Crippen LogP contribution in [0.1, 0.15) is 19.9 Å². The van der Waals surface area contributed by atoms with Gasteiger partial charge in [-0.15, -0.1) is 0 Å². The van der Waals surface area contributed by atoms with Crippen molar-refractivity contribution < 1.29 is 13.6 Å². The molecule has 30 heavy (non-hydrogen) atoms. The van der Waals surface area contributed by atoms with E-state index >= 15 is 0 Å². The number of anilines is 1. The fourth-order valence-corrected chi connectivity index (χ4v) is 3.98. The number of hydrogen-bond donors (Lipinski definition) is 0. The molecule has 9 heteroatoms. The summed E-state index contributed by atoms with van der Waals surface area (Å²) in [5, 5.41) is 0.580. The molecular weight excluding hydrogens is 412 g/mol. The maximum absolute atomic E-state index is 13.8. The van der Waals surface area contributed by atoms with E-state index in [1.54, 1.807) is 16.8 Å². The molecule has 3 heterocycles. The fraction of sp³-hybridized carbons (Fsp3) is 0.381. The molecule has 0 spiro atoms. The minimum absolute atomic E-state index is 0.0565. The lowest BCUT2D eigenvalue weighted by atomic mass is 10.0. The van der Waals surface area contributed by atoms with E-state index in [-0.39, 0.29) is 11.8 Å². The first kappa shape index (κ1) is 20.5. The van der Waals surface area contributed by atoms with Crippen molar-refractivity contribution in [1.29, 1.82) is 0 Å². The highest BCUT2D eigenvalue weighted by Crippen LogP contribution is 2.28. The first-order valence-corrected chi connectivity index (χ1v) is 10.2. The molecule has 1 saturated heterocycles. The molecule has 0 bridgehead atoms. The number of amides is 1. The third-order valence-corrected chi connectivity index (χ3v) is 5.65. The molecule has 1 unspecified atom stereocenters. The van der Waals surface area contributed by atoms with E-state index in [1.165, 1.54) is 6.33 Å². The van der Waals surface area contributed by atoms with Crippen molar-refractivity contribution in [3.8, 4) is 0 Å². The van der Waals surface area contributed by atoms with Crippen LogP contribution in [0.4, 0.5) is 14.6 Å². The fourth-order valence-electron chi connectivity index (χ4n) is 3.87. The number of pyridine rings is 1. The molecule has 0 N–H and O–H groups in total. The third kappa shape index (κ3) is 3.84. The predicted octanol–water partition coefficient (Wildman–Crippen LogP) is 3.91. The average molecular weight is 434 g/mol. The molecule has 0 radical (unpaired) electrons. The molecule has 2 aromatic heterocycles. The molecule has 4 rings (SSSR count). The highest BCUT2D eigenvalue weighted by Gasteiger charge is 2.32. The number of fused-ring (bicyclic) bond motifs is 1. The van der Waals surface area contributed by atoms with Crippen LogP contribution < -0.4 is 4.90 Å².